The highest BCUT2D eigenvalue weighted by molar-refractivity contribution is 7.14. The van der Waals surface area contributed by atoms with Crippen LogP contribution in [0.2, 0.25) is 0 Å². The molecule has 3 heterocycles. The number of rotatable bonds is 6. The maximum absolute atomic E-state index is 4.44. The summed E-state index contributed by atoms with van der Waals surface area (Å²) < 4.78 is 0. The minimum atomic E-state index is 0.514. The van der Waals surface area contributed by atoms with Crippen molar-refractivity contribution >= 4 is 22.3 Å². The van der Waals surface area contributed by atoms with E-state index in [1.54, 1.807) is 0 Å². The van der Waals surface area contributed by atoms with E-state index in [1.165, 1.54) is 31.2 Å². The second kappa shape index (κ2) is 10.3. The Labute approximate surface area is 168 Å². The van der Waals surface area contributed by atoms with Crippen LogP contribution < -0.4 is 15.5 Å². The molecule has 27 heavy (non-hydrogen) atoms. The van der Waals surface area contributed by atoms with Crippen molar-refractivity contribution in [3.8, 4) is 0 Å². The lowest BCUT2D eigenvalue weighted by Crippen LogP contribution is -2.50. The van der Waals surface area contributed by atoms with Crippen LogP contribution in [0.5, 0.6) is 0 Å². The maximum Gasteiger partial charge on any atom is 0.191 e. The molecule has 2 aliphatic heterocycles. The third kappa shape index (κ3) is 6.36. The SMILES string of the molecule is CN=C(NCC(C)CN1CCN(C)CC1)NC1CCN(c2cccs2)CC1. The predicted octanol–water partition coefficient (Wildman–Crippen LogP) is 1.77. The van der Waals surface area contributed by atoms with Crippen LogP contribution in [0, 0.1) is 5.92 Å². The highest BCUT2D eigenvalue weighted by Crippen LogP contribution is 2.24. The second-order valence-electron chi connectivity index (χ2n) is 8.02. The number of nitrogens with one attached hydrogen (secondary N) is 2. The largest absolute Gasteiger partial charge is 0.363 e. The van der Waals surface area contributed by atoms with Gasteiger partial charge in [0.2, 0.25) is 0 Å². The summed E-state index contributed by atoms with van der Waals surface area (Å²) in [5.74, 6) is 1.57. The van der Waals surface area contributed by atoms with Crippen LogP contribution in [0.4, 0.5) is 5.00 Å². The molecule has 0 amide bonds. The molecule has 0 bridgehead atoms. The zero-order valence-electron chi connectivity index (χ0n) is 17.2. The van der Waals surface area contributed by atoms with Crippen LogP contribution >= 0.6 is 11.3 Å². The Hall–Kier alpha value is -1.31. The molecule has 7 heteroatoms. The normalized spacial score (nSPS) is 22.0. The molecule has 2 aliphatic rings. The molecule has 2 N–H and O–H groups in total. The molecule has 0 aliphatic carbocycles. The van der Waals surface area contributed by atoms with Gasteiger partial charge >= 0.3 is 0 Å². The van der Waals surface area contributed by atoms with Gasteiger partial charge < -0.3 is 25.3 Å². The van der Waals surface area contributed by atoms with Crippen molar-refractivity contribution in [2.24, 2.45) is 10.9 Å². The number of nitrogens with zero attached hydrogens (tertiary/aromatic N) is 4. The van der Waals surface area contributed by atoms with Crippen LogP contribution in [0.3, 0.4) is 0 Å². The molecule has 1 aromatic heterocycles. The van der Waals surface area contributed by atoms with Gasteiger partial charge in [-0.3, -0.25) is 4.99 Å². The van der Waals surface area contributed by atoms with Crippen molar-refractivity contribution in [1.82, 2.24) is 20.4 Å². The number of hydrogen-bond acceptors (Lipinski definition) is 5. The van der Waals surface area contributed by atoms with E-state index in [0.29, 0.717) is 12.0 Å². The Morgan fingerprint density at radius 1 is 1.22 bits per heavy atom. The van der Waals surface area contributed by atoms with Gasteiger partial charge in [-0.25, -0.2) is 0 Å². The summed E-state index contributed by atoms with van der Waals surface area (Å²) in [4.78, 5) is 11.9. The third-order valence-electron chi connectivity index (χ3n) is 5.66. The number of thiophene rings is 1. The highest BCUT2D eigenvalue weighted by atomic mass is 32.1. The second-order valence-corrected chi connectivity index (χ2v) is 8.95. The average molecular weight is 393 g/mol. The van der Waals surface area contributed by atoms with Crippen molar-refractivity contribution in [3.05, 3.63) is 17.5 Å². The first-order valence-electron chi connectivity index (χ1n) is 10.3. The fourth-order valence-electron chi connectivity index (χ4n) is 3.89. The molecule has 1 aromatic rings. The van der Waals surface area contributed by atoms with Crippen LogP contribution in [-0.4, -0.2) is 88.3 Å². The molecular weight excluding hydrogens is 356 g/mol. The molecule has 0 saturated carbocycles. The number of aliphatic imine (C=N–C) groups is 1. The van der Waals surface area contributed by atoms with E-state index < -0.39 is 0 Å². The fraction of sp³-hybridized carbons (Fsp3) is 0.750. The lowest BCUT2D eigenvalue weighted by molar-refractivity contribution is 0.139. The number of guanidine groups is 1. The average Bonchev–Trinajstić information content (AvgIpc) is 3.22. The Morgan fingerprint density at radius 2 is 1.96 bits per heavy atom. The first-order valence-corrected chi connectivity index (χ1v) is 11.2. The van der Waals surface area contributed by atoms with Crippen LogP contribution in [-0.2, 0) is 0 Å². The molecule has 3 rings (SSSR count). The third-order valence-corrected chi connectivity index (χ3v) is 6.59. The molecule has 6 nitrogen and oxygen atoms in total. The van der Waals surface area contributed by atoms with Gasteiger partial charge in [-0.1, -0.05) is 6.92 Å². The lowest BCUT2D eigenvalue weighted by Gasteiger charge is -2.35. The first-order chi connectivity index (χ1) is 13.1. The maximum atomic E-state index is 4.44. The number of anilines is 1. The fourth-order valence-corrected chi connectivity index (χ4v) is 4.67. The molecule has 2 saturated heterocycles. The van der Waals surface area contributed by atoms with Crippen molar-refractivity contribution in [1.29, 1.82) is 0 Å². The summed E-state index contributed by atoms with van der Waals surface area (Å²) in [6.45, 7) is 11.5. The topological polar surface area (TPSA) is 46.1 Å². The molecule has 0 aromatic carbocycles. The summed E-state index contributed by atoms with van der Waals surface area (Å²) >= 11 is 1.84. The zero-order valence-corrected chi connectivity index (χ0v) is 18.0. The number of likely N-dealkylation sites (N-methyl/N-ethyl adjacent to an activating group) is 1. The molecule has 1 atom stereocenters. The van der Waals surface area contributed by atoms with Crippen LogP contribution in [0.15, 0.2) is 22.5 Å². The Kier molecular flexibility index (Phi) is 7.79. The highest BCUT2D eigenvalue weighted by Gasteiger charge is 2.21. The minimum Gasteiger partial charge on any atom is -0.363 e. The molecule has 152 valence electrons. The van der Waals surface area contributed by atoms with Gasteiger partial charge in [0.05, 0.1) is 5.00 Å². The molecule has 0 spiro atoms. The molecule has 0 radical (unpaired) electrons. The van der Waals surface area contributed by atoms with E-state index in [9.17, 15) is 0 Å². The van der Waals surface area contributed by atoms with Crippen molar-refractivity contribution in [3.63, 3.8) is 0 Å². The van der Waals surface area contributed by atoms with Crippen molar-refractivity contribution in [2.45, 2.75) is 25.8 Å². The van der Waals surface area contributed by atoms with Crippen molar-refractivity contribution in [2.75, 3.05) is 71.4 Å². The monoisotopic (exact) mass is 392 g/mol. The van der Waals surface area contributed by atoms with E-state index in [1.807, 2.05) is 18.4 Å². The zero-order chi connectivity index (χ0) is 19.1. The van der Waals surface area contributed by atoms with E-state index >= 15 is 0 Å². The van der Waals surface area contributed by atoms with Gasteiger partial charge in [0.15, 0.2) is 5.96 Å². The summed E-state index contributed by atoms with van der Waals surface area (Å²) in [5, 5.41) is 10.7. The first kappa shape index (κ1) is 20.4. The standard InChI is InChI=1S/C20H36N6S/c1-17(16-25-12-10-24(3)11-13-25)15-22-20(21-2)23-18-6-8-26(9-7-18)19-5-4-14-27-19/h4-5,14,17-18H,6-13,15-16H2,1-3H3,(H2,21,22,23). The van der Waals surface area contributed by atoms with Gasteiger partial charge in [0.25, 0.3) is 0 Å². The quantitative estimate of drug-likeness (QED) is 0.571. The summed E-state index contributed by atoms with van der Waals surface area (Å²) in [6.07, 6.45) is 2.32. The molecule has 1 unspecified atom stereocenters. The Morgan fingerprint density at radius 3 is 2.59 bits per heavy atom. The Bertz CT molecular complexity index is 559. The summed E-state index contributed by atoms with van der Waals surface area (Å²) in [7, 11) is 4.09. The van der Waals surface area contributed by atoms with Gasteiger partial charge in [-0.05, 0) is 43.3 Å². The lowest BCUT2D eigenvalue weighted by atomic mass is 10.1. The van der Waals surface area contributed by atoms with Crippen LogP contribution in [0.25, 0.3) is 0 Å². The van der Waals surface area contributed by atoms with Crippen LogP contribution in [0.1, 0.15) is 19.8 Å². The van der Waals surface area contributed by atoms with E-state index in [-0.39, 0.29) is 0 Å². The number of hydrogen-bond donors (Lipinski definition) is 2. The smallest absolute Gasteiger partial charge is 0.191 e. The predicted molar refractivity (Wildman–Crippen MR) is 117 cm³/mol. The van der Waals surface area contributed by atoms with E-state index in [0.717, 1.165) is 45.0 Å². The van der Waals surface area contributed by atoms with E-state index in [4.69, 9.17) is 0 Å². The molecular formula is C20H36N6S. The number of piperazine rings is 1. The minimum absolute atomic E-state index is 0.514. The van der Waals surface area contributed by atoms with E-state index in [2.05, 4.69) is 61.8 Å². The molecule has 2 fully saturated rings. The van der Waals surface area contributed by atoms with Gasteiger partial charge in [0, 0.05) is 65.4 Å². The Balaban J connectivity index is 1.34. The van der Waals surface area contributed by atoms with Crippen molar-refractivity contribution < 1.29 is 0 Å². The number of piperidine rings is 1. The van der Waals surface area contributed by atoms with Gasteiger partial charge in [0.1, 0.15) is 0 Å². The van der Waals surface area contributed by atoms with Gasteiger partial charge in [-0.15, -0.1) is 11.3 Å². The summed E-state index contributed by atoms with van der Waals surface area (Å²) in [5.41, 5.74) is 0. The summed E-state index contributed by atoms with van der Waals surface area (Å²) in [6, 6.07) is 4.88. The van der Waals surface area contributed by atoms with Gasteiger partial charge in [-0.2, -0.15) is 0 Å².